The SMILES string of the molecule is CNC1(CO)CCCC1CCSC(C)C. The summed E-state index contributed by atoms with van der Waals surface area (Å²) in [4.78, 5) is 0. The molecule has 0 aromatic carbocycles. The highest BCUT2D eigenvalue weighted by molar-refractivity contribution is 7.99. The van der Waals surface area contributed by atoms with Crippen molar-refractivity contribution < 1.29 is 5.11 Å². The van der Waals surface area contributed by atoms with Gasteiger partial charge in [0.15, 0.2) is 0 Å². The number of thioether (sulfide) groups is 1. The summed E-state index contributed by atoms with van der Waals surface area (Å²) < 4.78 is 0. The standard InChI is InChI=1S/C12H25NOS/c1-10(2)15-8-6-11-5-4-7-12(11,9-14)13-3/h10-11,13-14H,4-9H2,1-3H3. The Morgan fingerprint density at radius 1 is 1.53 bits per heavy atom. The van der Waals surface area contributed by atoms with E-state index in [1.54, 1.807) is 0 Å². The maximum absolute atomic E-state index is 9.53. The molecular weight excluding hydrogens is 206 g/mol. The summed E-state index contributed by atoms with van der Waals surface area (Å²) in [5.74, 6) is 1.89. The Kier molecular flexibility index (Phi) is 5.44. The normalized spacial score (nSPS) is 31.4. The molecule has 1 fully saturated rings. The molecule has 1 saturated carbocycles. The molecule has 0 heterocycles. The van der Waals surface area contributed by atoms with Crippen LogP contribution in [0.25, 0.3) is 0 Å². The van der Waals surface area contributed by atoms with Gasteiger partial charge in [0.05, 0.1) is 6.61 Å². The largest absolute Gasteiger partial charge is 0.394 e. The Balaban J connectivity index is 2.39. The molecule has 0 bridgehead atoms. The lowest BCUT2D eigenvalue weighted by atomic mass is 9.86. The van der Waals surface area contributed by atoms with Crippen LogP contribution in [0.2, 0.25) is 0 Å². The summed E-state index contributed by atoms with van der Waals surface area (Å²) in [5, 5.41) is 13.6. The van der Waals surface area contributed by atoms with E-state index in [2.05, 4.69) is 19.2 Å². The molecule has 1 rings (SSSR count). The minimum absolute atomic E-state index is 0.0253. The Bertz CT molecular complexity index is 180. The third-order valence-electron chi connectivity index (χ3n) is 3.65. The van der Waals surface area contributed by atoms with E-state index in [1.165, 1.54) is 25.0 Å². The summed E-state index contributed by atoms with van der Waals surface area (Å²) >= 11 is 2.03. The fourth-order valence-electron chi connectivity index (χ4n) is 2.63. The van der Waals surface area contributed by atoms with Gasteiger partial charge in [0, 0.05) is 5.54 Å². The van der Waals surface area contributed by atoms with Gasteiger partial charge in [0.2, 0.25) is 0 Å². The highest BCUT2D eigenvalue weighted by atomic mass is 32.2. The number of hydrogen-bond donors (Lipinski definition) is 2. The smallest absolute Gasteiger partial charge is 0.0615 e. The van der Waals surface area contributed by atoms with Crippen LogP contribution in [0.1, 0.15) is 39.5 Å². The number of nitrogens with one attached hydrogen (secondary N) is 1. The van der Waals surface area contributed by atoms with Gasteiger partial charge in [-0.2, -0.15) is 11.8 Å². The van der Waals surface area contributed by atoms with Crippen LogP contribution in [-0.4, -0.2) is 35.3 Å². The molecule has 3 heteroatoms. The second kappa shape index (κ2) is 6.12. The Morgan fingerprint density at radius 3 is 2.80 bits per heavy atom. The molecule has 0 saturated heterocycles. The number of aliphatic hydroxyl groups excluding tert-OH is 1. The van der Waals surface area contributed by atoms with Crippen LogP contribution >= 0.6 is 11.8 Å². The topological polar surface area (TPSA) is 32.3 Å². The lowest BCUT2D eigenvalue weighted by molar-refractivity contribution is 0.130. The van der Waals surface area contributed by atoms with Gasteiger partial charge in [-0.3, -0.25) is 0 Å². The molecule has 0 spiro atoms. The first-order valence-corrected chi connectivity index (χ1v) is 7.11. The quantitative estimate of drug-likeness (QED) is 0.735. The Hall–Kier alpha value is 0.270. The number of likely N-dealkylation sites (N-methyl/N-ethyl adjacent to an activating group) is 1. The molecule has 1 aliphatic rings. The van der Waals surface area contributed by atoms with Gasteiger partial charge in [-0.1, -0.05) is 20.3 Å². The monoisotopic (exact) mass is 231 g/mol. The van der Waals surface area contributed by atoms with Gasteiger partial charge in [-0.15, -0.1) is 0 Å². The molecule has 2 atom stereocenters. The van der Waals surface area contributed by atoms with Gasteiger partial charge in [0.25, 0.3) is 0 Å². The molecule has 90 valence electrons. The molecule has 0 aliphatic heterocycles. The molecule has 2 unspecified atom stereocenters. The van der Waals surface area contributed by atoms with E-state index in [0.29, 0.717) is 12.5 Å². The van der Waals surface area contributed by atoms with Crippen LogP contribution < -0.4 is 5.32 Å². The Labute approximate surface area is 98.2 Å². The maximum Gasteiger partial charge on any atom is 0.0615 e. The van der Waals surface area contributed by atoms with Crippen molar-refractivity contribution in [3.8, 4) is 0 Å². The summed E-state index contributed by atoms with van der Waals surface area (Å²) in [7, 11) is 1.99. The van der Waals surface area contributed by atoms with Crippen molar-refractivity contribution in [3.63, 3.8) is 0 Å². The first kappa shape index (κ1) is 13.3. The molecule has 0 aromatic heterocycles. The van der Waals surface area contributed by atoms with E-state index in [4.69, 9.17) is 0 Å². The fourth-order valence-corrected chi connectivity index (χ4v) is 3.52. The first-order chi connectivity index (χ1) is 7.14. The van der Waals surface area contributed by atoms with Gasteiger partial charge >= 0.3 is 0 Å². The van der Waals surface area contributed by atoms with E-state index in [0.717, 1.165) is 11.7 Å². The summed E-state index contributed by atoms with van der Waals surface area (Å²) in [5.41, 5.74) is 0.0253. The Morgan fingerprint density at radius 2 is 2.27 bits per heavy atom. The van der Waals surface area contributed by atoms with E-state index in [-0.39, 0.29) is 5.54 Å². The minimum atomic E-state index is 0.0253. The van der Waals surface area contributed by atoms with Crippen LogP contribution in [0.4, 0.5) is 0 Å². The van der Waals surface area contributed by atoms with Crippen LogP contribution in [0.5, 0.6) is 0 Å². The highest BCUT2D eigenvalue weighted by Gasteiger charge is 2.40. The third kappa shape index (κ3) is 3.36. The molecule has 0 aromatic rings. The zero-order valence-electron chi connectivity index (χ0n) is 10.3. The molecule has 15 heavy (non-hydrogen) atoms. The second-order valence-electron chi connectivity index (χ2n) is 4.86. The molecule has 2 N–H and O–H groups in total. The van der Waals surface area contributed by atoms with Crippen molar-refractivity contribution in [2.24, 2.45) is 5.92 Å². The van der Waals surface area contributed by atoms with Gasteiger partial charge in [-0.25, -0.2) is 0 Å². The lowest BCUT2D eigenvalue weighted by Gasteiger charge is -2.33. The zero-order chi connectivity index (χ0) is 11.3. The van der Waals surface area contributed by atoms with Crippen molar-refractivity contribution in [3.05, 3.63) is 0 Å². The van der Waals surface area contributed by atoms with Crippen molar-refractivity contribution >= 4 is 11.8 Å². The number of rotatable bonds is 6. The summed E-state index contributed by atoms with van der Waals surface area (Å²) in [6.45, 7) is 4.79. The van der Waals surface area contributed by atoms with Gasteiger partial charge in [-0.05, 0) is 43.2 Å². The third-order valence-corrected chi connectivity index (χ3v) is 4.79. The predicted molar refractivity (Wildman–Crippen MR) is 68.4 cm³/mol. The van der Waals surface area contributed by atoms with Crippen LogP contribution in [0.3, 0.4) is 0 Å². The summed E-state index contributed by atoms with van der Waals surface area (Å²) in [6.07, 6.45) is 4.92. The fraction of sp³-hybridized carbons (Fsp3) is 1.00. The summed E-state index contributed by atoms with van der Waals surface area (Å²) in [6, 6.07) is 0. The molecular formula is C12H25NOS. The van der Waals surface area contributed by atoms with Crippen LogP contribution in [0.15, 0.2) is 0 Å². The first-order valence-electron chi connectivity index (χ1n) is 6.06. The molecule has 2 nitrogen and oxygen atoms in total. The zero-order valence-corrected chi connectivity index (χ0v) is 11.1. The van der Waals surface area contributed by atoms with E-state index < -0.39 is 0 Å². The van der Waals surface area contributed by atoms with Gasteiger partial charge < -0.3 is 10.4 Å². The van der Waals surface area contributed by atoms with Crippen molar-refractivity contribution in [1.82, 2.24) is 5.32 Å². The molecule has 1 aliphatic carbocycles. The van der Waals surface area contributed by atoms with Crippen molar-refractivity contribution in [2.45, 2.75) is 50.3 Å². The lowest BCUT2D eigenvalue weighted by Crippen LogP contribution is -2.49. The molecule has 0 radical (unpaired) electrons. The molecule has 0 amide bonds. The van der Waals surface area contributed by atoms with E-state index >= 15 is 0 Å². The van der Waals surface area contributed by atoms with Gasteiger partial charge in [0.1, 0.15) is 0 Å². The van der Waals surface area contributed by atoms with Crippen LogP contribution in [-0.2, 0) is 0 Å². The predicted octanol–water partition coefficient (Wildman–Crippen LogP) is 2.27. The number of hydrogen-bond acceptors (Lipinski definition) is 3. The van der Waals surface area contributed by atoms with Crippen LogP contribution in [0, 0.1) is 5.92 Å². The maximum atomic E-state index is 9.53. The highest BCUT2D eigenvalue weighted by Crippen LogP contribution is 2.38. The average Bonchev–Trinajstić information content (AvgIpc) is 2.61. The second-order valence-corrected chi connectivity index (χ2v) is 6.55. The minimum Gasteiger partial charge on any atom is -0.394 e. The number of aliphatic hydroxyl groups is 1. The van der Waals surface area contributed by atoms with Crippen molar-refractivity contribution in [2.75, 3.05) is 19.4 Å². The van der Waals surface area contributed by atoms with Crippen molar-refractivity contribution in [1.29, 1.82) is 0 Å². The van der Waals surface area contributed by atoms with E-state index in [1.807, 2.05) is 18.8 Å². The van der Waals surface area contributed by atoms with E-state index in [9.17, 15) is 5.11 Å². The average molecular weight is 231 g/mol.